The number of hydrogen-bond donors (Lipinski definition) is 1. The predicted octanol–water partition coefficient (Wildman–Crippen LogP) is 2.58. The van der Waals surface area contributed by atoms with Gasteiger partial charge in [-0.3, -0.25) is 0 Å². The lowest BCUT2D eigenvalue weighted by Crippen LogP contribution is -3.13. The number of likely N-dealkylation sites (tertiary alicyclic amines) is 1. The molecule has 2 aromatic rings. The van der Waals surface area contributed by atoms with Gasteiger partial charge in [0.2, 0.25) is 0 Å². The number of quaternary nitrogens is 1. The van der Waals surface area contributed by atoms with Crippen LogP contribution in [-0.4, -0.2) is 27.3 Å². The third-order valence-corrected chi connectivity index (χ3v) is 6.72. The van der Waals surface area contributed by atoms with Crippen molar-refractivity contribution < 1.29 is 13.3 Å². The zero-order valence-corrected chi connectivity index (χ0v) is 15.1. The molecule has 2 aromatic carbocycles. The van der Waals surface area contributed by atoms with Gasteiger partial charge in [0.05, 0.1) is 18.0 Å². The zero-order chi connectivity index (χ0) is 17.0. The minimum absolute atomic E-state index is 0.0119. The molecule has 1 heterocycles. The smallest absolute Gasteiger partial charge is 0.184 e. The van der Waals surface area contributed by atoms with Gasteiger partial charge in [-0.05, 0) is 38.3 Å². The van der Waals surface area contributed by atoms with Gasteiger partial charge in [0.15, 0.2) is 9.84 Å². The van der Waals surface area contributed by atoms with Gasteiger partial charge < -0.3 is 4.90 Å². The van der Waals surface area contributed by atoms with E-state index in [1.165, 1.54) is 24.2 Å². The quantitative estimate of drug-likeness (QED) is 0.905. The van der Waals surface area contributed by atoms with E-state index in [1.54, 1.807) is 12.1 Å². The van der Waals surface area contributed by atoms with Crippen LogP contribution >= 0.6 is 0 Å². The molecule has 24 heavy (non-hydrogen) atoms. The van der Waals surface area contributed by atoms with Gasteiger partial charge in [-0.25, -0.2) is 8.42 Å². The van der Waals surface area contributed by atoms with Crippen LogP contribution < -0.4 is 4.90 Å². The Morgan fingerprint density at radius 3 is 2.17 bits per heavy atom. The molecule has 0 saturated carbocycles. The van der Waals surface area contributed by atoms with Crippen molar-refractivity contribution in [3.63, 3.8) is 0 Å². The Kier molecular flexibility index (Phi) is 5.36. The van der Waals surface area contributed by atoms with Gasteiger partial charge >= 0.3 is 0 Å². The van der Waals surface area contributed by atoms with Crippen LogP contribution in [-0.2, 0) is 9.84 Å². The van der Waals surface area contributed by atoms with E-state index >= 15 is 0 Å². The van der Waals surface area contributed by atoms with Crippen LogP contribution in [0.15, 0.2) is 59.5 Å². The normalized spacial score (nSPS) is 17.5. The first kappa shape index (κ1) is 17.2. The fourth-order valence-corrected chi connectivity index (χ4v) is 5.16. The van der Waals surface area contributed by atoms with Crippen molar-refractivity contribution in [3.05, 3.63) is 65.7 Å². The number of aryl methyl sites for hydroxylation is 1. The zero-order valence-electron chi connectivity index (χ0n) is 14.2. The van der Waals surface area contributed by atoms with Gasteiger partial charge in [-0.1, -0.05) is 48.0 Å². The number of nitrogens with one attached hydrogen (secondary N) is 1. The number of piperidine rings is 1. The van der Waals surface area contributed by atoms with E-state index in [0.717, 1.165) is 24.2 Å². The Hall–Kier alpha value is -1.65. The van der Waals surface area contributed by atoms with Crippen LogP contribution in [0, 0.1) is 6.92 Å². The molecule has 1 N–H and O–H groups in total. The topological polar surface area (TPSA) is 38.6 Å². The third kappa shape index (κ3) is 4.05. The Morgan fingerprint density at radius 1 is 0.917 bits per heavy atom. The van der Waals surface area contributed by atoms with Crippen molar-refractivity contribution >= 4 is 9.84 Å². The van der Waals surface area contributed by atoms with E-state index in [0.29, 0.717) is 4.90 Å². The standard InChI is InChI=1S/C20H25NO2S/c1-17-10-12-19(13-11-17)24(22,23)16-20(18-8-4-2-5-9-18)21-14-6-3-7-15-21/h2,4-5,8-13,20H,3,6-7,14-16H2,1H3/p+1/t20-/m0/s1. The van der Waals surface area contributed by atoms with Gasteiger partial charge in [0.1, 0.15) is 11.8 Å². The van der Waals surface area contributed by atoms with Crippen LogP contribution in [0.3, 0.4) is 0 Å². The van der Waals surface area contributed by atoms with Crippen molar-refractivity contribution in [2.45, 2.75) is 37.1 Å². The van der Waals surface area contributed by atoms with Crippen molar-refractivity contribution in [1.29, 1.82) is 0 Å². The van der Waals surface area contributed by atoms with E-state index in [4.69, 9.17) is 0 Å². The summed E-state index contributed by atoms with van der Waals surface area (Å²) in [5.41, 5.74) is 2.21. The molecule has 0 amide bonds. The van der Waals surface area contributed by atoms with E-state index in [1.807, 2.05) is 37.3 Å². The van der Waals surface area contributed by atoms with E-state index in [2.05, 4.69) is 12.1 Å². The first-order chi connectivity index (χ1) is 11.6. The molecule has 128 valence electrons. The molecule has 3 nitrogen and oxygen atoms in total. The number of rotatable bonds is 5. The molecule has 0 radical (unpaired) electrons. The Bertz CT molecular complexity index is 748. The average molecular weight is 345 g/mol. The summed E-state index contributed by atoms with van der Waals surface area (Å²) < 4.78 is 25.9. The molecule has 3 rings (SSSR count). The van der Waals surface area contributed by atoms with Crippen LogP contribution in [0.2, 0.25) is 0 Å². The number of sulfone groups is 1. The average Bonchev–Trinajstić information content (AvgIpc) is 2.62. The Labute approximate surface area is 145 Å². The Balaban J connectivity index is 1.89. The van der Waals surface area contributed by atoms with Gasteiger partial charge in [0.25, 0.3) is 0 Å². The van der Waals surface area contributed by atoms with Crippen LogP contribution in [0.4, 0.5) is 0 Å². The fourth-order valence-electron chi connectivity index (χ4n) is 3.55. The molecule has 1 fully saturated rings. The van der Waals surface area contributed by atoms with Gasteiger partial charge in [0, 0.05) is 5.56 Å². The second-order valence-corrected chi connectivity index (χ2v) is 8.81. The first-order valence-electron chi connectivity index (χ1n) is 8.75. The molecular weight excluding hydrogens is 318 g/mol. The second-order valence-electron chi connectivity index (χ2n) is 6.78. The van der Waals surface area contributed by atoms with Crippen molar-refractivity contribution in [2.24, 2.45) is 0 Å². The maximum atomic E-state index is 13.0. The van der Waals surface area contributed by atoms with Crippen molar-refractivity contribution in [2.75, 3.05) is 18.8 Å². The second kappa shape index (κ2) is 7.49. The molecule has 1 saturated heterocycles. The first-order valence-corrected chi connectivity index (χ1v) is 10.4. The molecule has 0 spiro atoms. The van der Waals surface area contributed by atoms with Crippen molar-refractivity contribution in [3.8, 4) is 0 Å². The summed E-state index contributed by atoms with van der Waals surface area (Å²) in [5, 5.41) is 0. The summed E-state index contributed by atoms with van der Waals surface area (Å²) in [4.78, 5) is 1.84. The molecule has 0 bridgehead atoms. The van der Waals surface area contributed by atoms with Crippen LogP contribution in [0.1, 0.15) is 36.4 Å². The summed E-state index contributed by atoms with van der Waals surface area (Å²) in [6, 6.07) is 17.4. The summed E-state index contributed by atoms with van der Waals surface area (Å²) in [6.07, 6.45) is 3.63. The highest BCUT2D eigenvalue weighted by Crippen LogP contribution is 2.19. The van der Waals surface area contributed by atoms with E-state index < -0.39 is 9.84 Å². The van der Waals surface area contributed by atoms with Crippen LogP contribution in [0.5, 0.6) is 0 Å². The lowest BCUT2D eigenvalue weighted by atomic mass is 10.0. The number of hydrogen-bond acceptors (Lipinski definition) is 2. The lowest BCUT2D eigenvalue weighted by molar-refractivity contribution is -0.933. The number of benzene rings is 2. The highest BCUT2D eigenvalue weighted by Gasteiger charge is 2.31. The summed E-state index contributed by atoms with van der Waals surface area (Å²) in [5.74, 6) is 0.176. The monoisotopic (exact) mass is 344 g/mol. The molecular formula is C20H26NO2S+. The molecule has 1 aliphatic heterocycles. The summed E-state index contributed by atoms with van der Waals surface area (Å²) in [6.45, 7) is 4.09. The summed E-state index contributed by atoms with van der Waals surface area (Å²) in [7, 11) is -3.29. The van der Waals surface area contributed by atoms with Gasteiger partial charge in [-0.2, -0.15) is 0 Å². The largest absolute Gasteiger partial charge is 0.328 e. The van der Waals surface area contributed by atoms with Gasteiger partial charge in [-0.15, -0.1) is 0 Å². The molecule has 0 aromatic heterocycles. The molecule has 4 heteroatoms. The highest BCUT2D eigenvalue weighted by molar-refractivity contribution is 7.91. The molecule has 1 atom stereocenters. The Morgan fingerprint density at radius 2 is 1.54 bits per heavy atom. The fraction of sp³-hybridized carbons (Fsp3) is 0.400. The lowest BCUT2D eigenvalue weighted by Gasteiger charge is -2.31. The summed E-state index contributed by atoms with van der Waals surface area (Å²) >= 11 is 0. The van der Waals surface area contributed by atoms with Crippen LogP contribution in [0.25, 0.3) is 0 Å². The van der Waals surface area contributed by atoms with E-state index in [-0.39, 0.29) is 11.8 Å². The molecule has 0 aliphatic carbocycles. The molecule has 1 aliphatic rings. The molecule has 0 unspecified atom stereocenters. The van der Waals surface area contributed by atoms with E-state index in [9.17, 15) is 8.42 Å². The predicted molar refractivity (Wildman–Crippen MR) is 97.0 cm³/mol. The third-order valence-electron chi connectivity index (χ3n) is 4.96. The SMILES string of the molecule is Cc1ccc(S(=O)(=O)C[C@@H](c2ccccc2)[NH+]2CCCCC2)cc1. The van der Waals surface area contributed by atoms with Crippen molar-refractivity contribution in [1.82, 2.24) is 0 Å². The maximum absolute atomic E-state index is 13.0. The minimum atomic E-state index is -3.29. The highest BCUT2D eigenvalue weighted by atomic mass is 32.2. The maximum Gasteiger partial charge on any atom is 0.184 e. The minimum Gasteiger partial charge on any atom is -0.328 e.